The maximum Gasteiger partial charge on any atom is 0.345 e. The maximum absolute atomic E-state index is 11.6. The number of hydrogen-bond donors (Lipinski definition) is 2. The van der Waals surface area contributed by atoms with Crippen molar-refractivity contribution in [3.05, 3.63) is 16.3 Å². The molecule has 1 rings (SSSR count). The molecule has 0 aliphatic carbocycles. The zero-order valence-electron chi connectivity index (χ0n) is 8.87. The van der Waals surface area contributed by atoms with Crippen LogP contribution in [0, 0.1) is 0 Å². The highest BCUT2D eigenvalue weighted by Crippen LogP contribution is 2.18. The Morgan fingerprint density at radius 1 is 1.53 bits per heavy atom. The van der Waals surface area contributed by atoms with Gasteiger partial charge in [-0.25, -0.2) is 13.2 Å². The van der Waals surface area contributed by atoms with Gasteiger partial charge in [0, 0.05) is 12.5 Å². The number of rotatable bonds is 7. The minimum absolute atomic E-state index is 0.0535. The Balaban J connectivity index is 2.66. The lowest BCUT2D eigenvalue weighted by molar-refractivity contribution is 0.0438. The Kier molecular flexibility index (Phi) is 5.02. The molecule has 0 bridgehead atoms. The van der Waals surface area contributed by atoms with E-state index in [0.717, 1.165) is 17.4 Å². The summed E-state index contributed by atoms with van der Waals surface area (Å²) in [5, 5.41) is 9.88. The van der Waals surface area contributed by atoms with E-state index in [1.165, 1.54) is 12.5 Å². The highest BCUT2D eigenvalue weighted by atomic mass is 32.2. The SMILES string of the molecule is COCCONS(=O)(=O)c1csc(C(=O)O)c1. The van der Waals surface area contributed by atoms with Gasteiger partial charge in [-0.1, -0.05) is 4.89 Å². The average Bonchev–Trinajstić information content (AvgIpc) is 2.74. The second-order valence-electron chi connectivity index (χ2n) is 2.88. The normalized spacial score (nSPS) is 11.6. The first-order valence-electron chi connectivity index (χ1n) is 4.41. The smallest absolute Gasteiger partial charge is 0.345 e. The summed E-state index contributed by atoms with van der Waals surface area (Å²) in [6.07, 6.45) is 0. The third-order valence-electron chi connectivity index (χ3n) is 1.65. The van der Waals surface area contributed by atoms with Gasteiger partial charge in [0.15, 0.2) is 0 Å². The number of carboxylic acids is 1. The summed E-state index contributed by atoms with van der Waals surface area (Å²) >= 11 is 0.829. The van der Waals surface area contributed by atoms with Crippen LogP contribution in [0.5, 0.6) is 0 Å². The lowest BCUT2D eigenvalue weighted by Gasteiger charge is -2.04. The van der Waals surface area contributed by atoms with Crippen LogP contribution < -0.4 is 4.89 Å². The molecular formula is C8H11NO6S2. The summed E-state index contributed by atoms with van der Waals surface area (Å²) < 4.78 is 27.8. The van der Waals surface area contributed by atoms with Crippen LogP contribution in [0.2, 0.25) is 0 Å². The van der Waals surface area contributed by atoms with E-state index in [9.17, 15) is 13.2 Å². The van der Waals surface area contributed by atoms with Gasteiger partial charge >= 0.3 is 5.97 Å². The number of nitrogens with one attached hydrogen (secondary N) is 1. The fraction of sp³-hybridized carbons (Fsp3) is 0.375. The predicted octanol–water partition coefficient (Wildman–Crippen LogP) is 0.303. The van der Waals surface area contributed by atoms with Crippen molar-refractivity contribution in [1.82, 2.24) is 4.89 Å². The molecule has 1 aromatic heterocycles. The Hall–Kier alpha value is -1.00. The van der Waals surface area contributed by atoms with E-state index in [1.54, 1.807) is 0 Å². The van der Waals surface area contributed by atoms with Crippen molar-refractivity contribution in [3.63, 3.8) is 0 Å². The van der Waals surface area contributed by atoms with Gasteiger partial charge in [0.05, 0.1) is 18.1 Å². The molecule has 0 aliphatic rings. The van der Waals surface area contributed by atoms with Crippen molar-refractivity contribution in [2.75, 3.05) is 20.3 Å². The van der Waals surface area contributed by atoms with Crippen molar-refractivity contribution >= 4 is 27.3 Å². The van der Waals surface area contributed by atoms with E-state index in [0.29, 0.717) is 0 Å². The van der Waals surface area contributed by atoms with Gasteiger partial charge < -0.3 is 9.84 Å². The summed E-state index contributed by atoms with van der Waals surface area (Å²) in [5.41, 5.74) is 0. The van der Waals surface area contributed by atoms with Crippen molar-refractivity contribution in [2.24, 2.45) is 0 Å². The Morgan fingerprint density at radius 3 is 2.76 bits per heavy atom. The second-order valence-corrected chi connectivity index (χ2v) is 5.44. The van der Waals surface area contributed by atoms with Gasteiger partial charge in [0.1, 0.15) is 4.88 Å². The molecule has 0 amide bonds. The molecule has 1 heterocycles. The molecule has 0 atom stereocenters. The van der Waals surface area contributed by atoms with Crippen LogP contribution in [0.3, 0.4) is 0 Å². The maximum atomic E-state index is 11.6. The molecule has 0 aliphatic heterocycles. The first-order valence-corrected chi connectivity index (χ1v) is 6.78. The van der Waals surface area contributed by atoms with Gasteiger partial charge in [-0.05, 0) is 6.07 Å². The number of methoxy groups -OCH3 is 1. The predicted molar refractivity (Wildman–Crippen MR) is 59.4 cm³/mol. The molecule has 0 unspecified atom stereocenters. The standard InChI is InChI=1S/C8H11NO6S2/c1-14-2-3-15-9-17(12,13)6-4-7(8(10)11)16-5-6/h4-5,9H,2-3H2,1H3,(H,10,11). The number of carbonyl (C=O) groups is 1. The van der Waals surface area contributed by atoms with Crippen molar-refractivity contribution < 1.29 is 27.9 Å². The molecule has 17 heavy (non-hydrogen) atoms. The molecular weight excluding hydrogens is 270 g/mol. The summed E-state index contributed by atoms with van der Waals surface area (Å²) in [5.74, 6) is -1.17. The minimum atomic E-state index is -3.83. The summed E-state index contributed by atoms with van der Waals surface area (Å²) in [6, 6.07) is 1.06. The number of carboxylic acid groups (broad SMARTS) is 1. The number of hydrogen-bond acceptors (Lipinski definition) is 6. The van der Waals surface area contributed by atoms with Crippen LogP contribution in [-0.4, -0.2) is 39.8 Å². The molecule has 0 fully saturated rings. The number of ether oxygens (including phenoxy) is 1. The van der Waals surface area contributed by atoms with Gasteiger partial charge in [-0.2, -0.15) is 0 Å². The molecule has 9 heteroatoms. The van der Waals surface area contributed by atoms with Crippen LogP contribution in [0.15, 0.2) is 16.3 Å². The fourth-order valence-corrected chi connectivity index (χ4v) is 2.80. The first-order chi connectivity index (χ1) is 7.97. The molecule has 0 spiro atoms. The van der Waals surface area contributed by atoms with E-state index in [4.69, 9.17) is 5.11 Å². The van der Waals surface area contributed by atoms with Crippen molar-refractivity contribution in [3.8, 4) is 0 Å². The number of aromatic carboxylic acids is 1. The van der Waals surface area contributed by atoms with Crippen molar-refractivity contribution in [2.45, 2.75) is 4.90 Å². The Bertz CT molecular complexity index is 480. The average molecular weight is 281 g/mol. The summed E-state index contributed by atoms with van der Waals surface area (Å²) in [7, 11) is -2.38. The summed E-state index contributed by atoms with van der Waals surface area (Å²) in [4.78, 5) is 16.9. The molecule has 2 N–H and O–H groups in total. The van der Waals surface area contributed by atoms with Crippen LogP contribution in [0.1, 0.15) is 9.67 Å². The van der Waals surface area contributed by atoms with Gasteiger partial charge in [-0.3, -0.25) is 4.84 Å². The molecule has 0 saturated carbocycles. The van der Waals surface area contributed by atoms with Gasteiger partial charge in [0.2, 0.25) is 0 Å². The first kappa shape index (κ1) is 14.1. The minimum Gasteiger partial charge on any atom is -0.477 e. The molecule has 1 aromatic rings. The van der Waals surface area contributed by atoms with Crippen LogP contribution >= 0.6 is 11.3 Å². The van der Waals surface area contributed by atoms with Crippen LogP contribution in [0.4, 0.5) is 0 Å². The molecule has 7 nitrogen and oxygen atoms in total. The highest BCUT2D eigenvalue weighted by Gasteiger charge is 2.18. The topological polar surface area (TPSA) is 102 Å². The van der Waals surface area contributed by atoms with E-state index >= 15 is 0 Å². The third kappa shape index (κ3) is 4.06. The lowest BCUT2D eigenvalue weighted by atomic mass is 10.5. The summed E-state index contributed by atoms with van der Waals surface area (Å²) in [6.45, 7) is 0.304. The van der Waals surface area contributed by atoms with E-state index in [-0.39, 0.29) is 23.0 Å². The van der Waals surface area contributed by atoms with Crippen LogP contribution in [0.25, 0.3) is 0 Å². The molecule has 96 valence electrons. The second kappa shape index (κ2) is 6.07. The van der Waals surface area contributed by atoms with Crippen LogP contribution in [-0.2, 0) is 19.6 Å². The van der Waals surface area contributed by atoms with E-state index in [2.05, 4.69) is 9.57 Å². The van der Waals surface area contributed by atoms with Gasteiger partial charge in [0.25, 0.3) is 10.0 Å². The van der Waals surface area contributed by atoms with E-state index in [1.807, 2.05) is 4.89 Å². The highest BCUT2D eigenvalue weighted by molar-refractivity contribution is 7.89. The monoisotopic (exact) mass is 281 g/mol. The Morgan fingerprint density at radius 2 is 2.24 bits per heavy atom. The third-order valence-corrected chi connectivity index (χ3v) is 3.92. The molecule has 0 saturated heterocycles. The molecule has 0 radical (unpaired) electrons. The quantitative estimate of drug-likeness (QED) is 0.550. The van der Waals surface area contributed by atoms with E-state index < -0.39 is 16.0 Å². The fourth-order valence-electron chi connectivity index (χ4n) is 0.864. The number of sulfonamides is 1. The lowest BCUT2D eigenvalue weighted by Crippen LogP contribution is -2.25. The molecule has 0 aromatic carbocycles. The zero-order valence-corrected chi connectivity index (χ0v) is 10.5. The zero-order chi connectivity index (χ0) is 12.9. The van der Waals surface area contributed by atoms with Gasteiger partial charge in [-0.15, -0.1) is 11.3 Å². The Labute approximate surface area is 102 Å². The number of thiophene rings is 1. The van der Waals surface area contributed by atoms with Crippen molar-refractivity contribution in [1.29, 1.82) is 0 Å². The largest absolute Gasteiger partial charge is 0.477 e.